The van der Waals surface area contributed by atoms with E-state index < -0.39 is 102 Å². The summed E-state index contributed by atoms with van der Waals surface area (Å²) in [5.74, 6) is 2.82. The van der Waals surface area contributed by atoms with E-state index in [1.54, 1.807) is 0 Å². The van der Waals surface area contributed by atoms with Gasteiger partial charge in [-0.05, 0) is 290 Å². The SMILES string of the molecule is C[Si](C)(C)O[Si](C)(Oc1ccc(N(c2ccc(O[Si](C)(O[Si](C)(C)C)O[Si](C)(C)C)cc2)c2ccc(-c3ccc(N(c4ccc(O[Si](C)(O[Si](C)(C)C)O[Si](C)(C)C)cc4)c4ccc(O[Si](C)(O[Si](C)(C)C)O[Si](C)(C)C)cc4)cc3)cc2)cc1)O[Si](C)(C)C. The van der Waals surface area contributed by atoms with E-state index in [4.69, 9.17) is 50.6 Å². The molecule has 0 atom stereocenters. The number of nitrogens with zero attached hydrogens (tertiary/aromatic N) is 2. The molecule has 0 bridgehead atoms. The van der Waals surface area contributed by atoms with E-state index in [0.717, 1.165) is 45.3 Å². The number of rotatable bonds is 31. The van der Waals surface area contributed by atoms with Gasteiger partial charge in [-0.3, -0.25) is 0 Å². The normalized spacial score (nSPS) is 13.7. The smallest absolute Gasteiger partial charge is 0.502 e. The summed E-state index contributed by atoms with van der Waals surface area (Å²) in [6.45, 7) is 60.4. The standard InChI is InChI=1S/C64H108N2O12Si12/c1-79(2,3)71-87(25,72-80(4,5)6)67-61-45-37-57(38-46-61)65(58-39-47-62(48-40-58)68-88(26,73-81(7,8)9)74-82(10,11)12)55-33-29-53(30-34-55)54-31-35-56(36-32-54)66(59-41-49-63(50-42-59)69-89(27,75-83(13,14)15)76-84(16,17)18)60-43-51-64(52-44-60)70-90(28,77-85(19,20)21)78-86(22,23)24/h29-52H,1-28H3. The zero-order valence-electron chi connectivity index (χ0n) is 59.6. The van der Waals surface area contributed by atoms with E-state index in [1.165, 1.54) is 0 Å². The summed E-state index contributed by atoms with van der Waals surface area (Å²) in [7, 11) is -28.4. The molecule has 6 aromatic carbocycles. The van der Waals surface area contributed by atoms with Gasteiger partial charge in [-0.2, -0.15) is 0 Å². The highest BCUT2D eigenvalue weighted by atomic mass is 28.5. The quantitative estimate of drug-likeness (QED) is 0.0384. The summed E-state index contributed by atoms with van der Waals surface area (Å²) >= 11 is 0. The number of hydrogen-bond acceptors (Lipinski definition) is 14. The molecular formula is C64H108N2O12Si12. The van der Waals surface area contributed by atoms with Crippen molar-refractivity contribution >= 4 is 136 Å². The van der Waals surface area contributed by atoms with Crippen molar-refractivity contribution in [1.82, 2.24) is 0 Å². The molecule has 6 aromatic rings. The van der Waals surface area contributed by atoms with E-state index in [-0.39, 0.29) is 0 Å². The van der Waals surface area contributed by atoms with Gasteiger partial charge in [0.05, 0.1) is 0 Å². The molecule has 0 saturated heterocycles. The third-order valence-corrected chi connectivity index (χ3v) is 46.0. The van der Waals surface area contributed by atoms with Crippen LogP contribution in [0.2, 0.25) is 183 Å². The fourth-order valence-corrected chi connectivity index (χ4v) is 52.1. The van der Waals surface area contributed by atoms with E-state index >= 15 is 0 Å². The van der Waals surface area contributed by atoms with Crippen LogP contribution in [0.1, 0.15) is 0 Å². The topological polar surface area (TPSA) is 117 Å². The molecule has 0 amide bonds. The number of hydrogen-bond donors (Lipinski definition) is 0. The van der Waals surface area contributed by atoms with Crippen LogP contribution >= 0.6 is 0 Å². The summed E-state index contributed by atoms with van der Waals surface area (Å²) in [5.41, 5.74) is 7.87. The van der Waals surface area contributed by atoms with Gasteiger partial charge >= 0.3 is 35.2 Å². The van der Waals surface area contributed by atoms with Gasteiger partial charge in [-0.1, -0.05) is 24.3 Å². The van der Waals surface area contributed by atoms with Gasteiger partial charge in [0.25, 0.3) is 0 Å². The van der Waals surface area contributed by atoms with Crippen LogP contribution in [0.3, 0.4) is 0 Å². The van der Waals surface area contributed by atoms with Gasteiger partial charge in [0.15, 0.2) is 66.5 Å². The molecular weight excluding hydrogens is 1330 g/mol. The second-order valence-electron chi connectivity index (χ2n) is 31.3. The maximum Gasteiger partial charge on any atom is 0.541 e. The van der Waals surface area contributed by atoms with Gasteiger partial charge in [0.1, 0.15) is 23.0 Å². The summed E-state index contributed by atoms with van der Waals surface area (Å²) in [6, 6.07) is 50.4. The molecule has 14 nitrogen and oxygen atoms in total. The lowest BCUT2D eigenvalue weighted by Crippen LogP contribution is -2.56. The molecule has 0 spiro atoms. The second kappa shape index (κ2) is 28.4. The Labute approximate surface area is 555 Å². The molecule has 0 heterocycles. The van der Waals surface area contributed by atoms with E-state index in [0.29, 0.717) is 23.0 Å². The van der Waals surface area contributed by atoms with Crippen LogP contribution in [0, 0.1) is 0 Å². The van der Waals surface area contributed by atoms with Crippen LogP contribution < -0.4 is 27.5 Å². The molecule has 0 fully saturated rings. The van der Waals surface area contributed by atoms with Crippen LogP contribution in [0.15, 0.2) is 146 Å². The zero-order chi connectivity index (χ0) is 67.5. The minimum Gasteiger partial charge on any atom is -0.502 e. The van der Waals surface area contributed by atoms with Gasteiger partial charge in [-0.25, -0.2) is 0 Å². The minimum atomic E-state index is -3.05. The molecule has 0 aliphatic rings. The molecule has 0 aliphatic heterocycles. The van der Waals surface area contributed by atoms with Crippen LogP contribution in [0.5, 0.6) is 23.0 Å². The maximum absolute atomic E-state index is 6.75. The number of anilines is 6. The first kappa shape index (κ1) is 75.4. The number of benzene rings is 6. The monoisotopic (exact) mass is 1430 g/mol. The molecule has 494 valence electrons. The fraction of sp³-hybridized carbons (Fsp3) is 0.438. The van der Waals surface area contributed by atoms with Gasteiger partial charge < -0.3 is 60.4 Å². The highest BCUT2D eigenvalue weighted by Gasteiger charge is 2.49. The highest BCUT2D eigenvalue weighted by Crippen LogP contribution is 2.42. The summed E-state index contributed by atoms with van der Waals surface area (Å²) < 4.78 is 80.8. The molecule has 90 heavy (non-hydrogen) atoms. The van der Waals surface area contributed by atoms with Gasteiger partial charge in [0.2, 0.25) is 0 Å². The van der Waals surface area contributed by atoms with E-state index in [2.05, 4.69) is 264 Å². The van der Waals surface area contributed by atoms with Crippen LogP contribution in [0.25, 0.3) is 11.1 Å². The molecule has 0 aliphatic carbocycles. The van der Waals surface area contributed by atoms with E-state index in [1.807, 2.05) is 74.7 Å². The molecule has 0 N–H and O–H groups in total. The fourth-order valence-electron chi connectivity index (χ4n) is 10.7. The first-order chi connectivity index (χ1) is 40.8. The second-order valence-corrected chi connectivity index (χ2v) is 79.4. The molecule has 6 rings (SSSR count). The van der Waals surface area contributed by atoms with Crippen molar-refractivity contribution < 1.29 is 50.6 Å². The van der Waals surface area contributed by atoms with Crippen LogP contribution in [-0.2, 0) is 32.9 Å². The molecule has 0 unspecified atom stereocenters. The van der Waals surface area contributed by atoms with Crippen molar-refractivity contribution in [3.05, 3.63) is 146 Å². The average Bonchev–Trinajstić information content (AvgIpc) is 1.09. The Morgan fingerprint density at radius 1 is 0.178 bits per heavy atom. The van der Waals surface area contributed by atoms with Crippen molar-refractivity contribution in [2.45, 2.75) is 183 Å². The Hall–Kier alpha value is -3.60. The van der Waals surface area contributed by atoms with Crippen molar-refractivity contribution in [3.8, 4) is 34.1 Å². The lowest BCUT2D eigenvalue weighted by atomic mass is 10.0. The Balaban J connectivity index is 1.39. The Morgan fingerprint density at radius 3 is 0.422 bits per heavy atom. The third kappa shape index (κ3) is 25.3. The molecule has 0 radical (unpaired) electrons. The predicted octanol–water partition coefficient (Wildman–Crippen LogP) is 20.9. The maximum atomic E-state index is 6.75. The Bertz CT molecular complexity index is 2800. The molecule has 0 aromatic heterocycles. The summed E-state index contributed by atoms with van der Waals surface area (Å²) in [5, 5.41) is 0. The molecule has 26 heteroatoms. The largest absolute Gasteiger partial charge is 0.541 e. The lowest BCUT2D eigenvalue weighted by Gasteiger charge is -2.37. The summed E-state index contributed by atoms with van der Waals surface area (Å²) in [6.07, 6.45) is 0. The third-order valence-electron chi connectivity index (χ3n) is 12.1. The van der Waals surface area contributed by atoms with E-state index in [9.17, 15) is 0 Å². The zero-order valence-corrected chi connectivity index (χ0v) is 71.6. The highest BCUT2D eigenvalue weighted by molar-refractivity contribution is 6.88. The van der Waals surface area contributed by atoms with Crippen LogP contribution in [-0.4, -0.2) is 102 Å². The Kier molecular flexibility index (Phi) is 23.8. The average molecular weight is 1430 g/mol. The lowest BCUT2D eigenvalue weighted by molar-refractivity contribution is 0.264. The van der Waals surface area contributed by atoms with Crippen molar-refractivity contribution in [3.63, 3.8) is 0 Å². The first-order valence-electron chi connectivity index (χ1n) is 31.4. The van der Waals surface area contributed by atoms with Crippen LogP contribution in [0.4, 0.5) is 34.1 Å². The summed E-state index contributed by atoms with van der Waals surface area (Å²) in [4.78, 5) is 4.49. The molecule has 0 saturated carbocycles. The first-order valence-corrected chi connectivity index (χ1v) is 67.6. The van der Waals surface area contributed by atoms with Gasteiger partial charge in [0, 0.05) is 60.3 Å². The minimum absolute atomic E-state index is 0.705. The Morgan fingerprint density at radius 2 is 0.300 bits per heavy atom. The predicted molar refractivity (Wildman–Crippen MR) is 406 cm³/mol. The van der Waals surface area contributed by atoms with Crippen molar-refractivity contribution in [2.24, 2.45) is 0 Å². The van der Waals surface area contributed by atoms with Gasteiger partial charge in [-0.15, -0.1) is 0 Å². The van der Waals surface area contributed by atoms with Crippen molar-refractivity contribution in [2.75, 3.05) is 9.80 Å². The van der Waals surface area contributed by atoms with Crippen molar-refractivity contribution in [1.29, 1.82) is 0 Å².